The second-order valence-corrected chi connectivity index (χ2v) is 7.38. The molecule has 0 fully saturated rings. The van der Waals surface area contributed by atoms with Gasteiger partial charge in [-0.2, -0.15) is 9.50 Å². The topological polar surface area (TPSA) is 104 Å². The van der Waals surface area contributed by atoms with E-state index >= 15 is 0 Å². The van der Waals surface area contributed by atoms with Gasteiger partial charge in [-0.3, -0.25) is 9.78 Å². The lowest BCUT2D eigenvalue weighted by atomic mass is 10.2. The van der Waals surface area contributed by atoms with Crippen molar-refractivity contribution in [1.82, 2.24) is 29.1 Å². The van der Waals surface area contributed by atoms with Crippen molar-refractivity contribution in [3.8, 4) is 10.7 Å². The van der Waals surface area contributed by atoms with Crippen LogP contribution in [-0.2, 0) is 11.3 Å². The van der Waals surface area contributed by atoms with Crippen molar-refractivity contribution in [3.05, 3.63) is 75.9 Å². The van der Waals surface area contributed by atoms with E-state index in [4.69, 9.17) is 4.74 Å². The standard InChI is InChI=1S/C20H14N6O3S/c1-29-19(28)14-11-25(10-12-5-2-3-7-21-12)18(27)13-9-22-20-23-17(15-6-4-8-30-15)24-26(20)16(13)14/h2-9,11H,10H2,1H3. The first-order valence-electron chi connectivity index (χ1n) is 8.97. The Labute approximate surface area is 173 Å². The summed E-state index contributed by atoms with van der Waals surface area (Å²) in [6.45, 7) is 0.204. The van der Waals surface area contributed by atoms with Crippen LogP contribution in [0.4, 0.5) is 0 Å². The first-order chi connectivity index (χ1) is 14.7. The molecule has 30 heavy (non-hydrogen) atoms. The minimum Gasteiger partial charge on any atom is -0.465 e. The molecule has 0 N–H and O–H groups in total. The van der Waals surface area contributed by atoms with Gasteiger partial charge in [0, 0.05) is 18.6 Å². The summed E-state index contributed by atoms with van der Waals surface area (Å²) in [4.78, 5) is 39.6. The molecule has 0 aliphatic heterocycles. The molecule has 0 saturated carbocycles. The molecule has 10 heteroatoms. The predicted octanol–water partition coefficient (Wildman–Crippen LogP) is 2.40. The Kier molecular flexibility index (Phi) is 4.32. The van der Waals surface area contributed by atoms with E-state index in [1.54, 1.807) is 18.3 Å². The average molecular weight is 418 g/mol. The Morgan fingerprint density at radius 2 is 2.10 bits per heavy atom. The molecule has 0 atom stereocenters. The van der Waals surface area contributed by atoms with Crippen molar-refractivity contribution in [2.75, 3.05) is 7.11 Å². The smallest absolute Gasteiger partial charge is 0.341 e. The number of pyridine rings is 2. The van der Waals surface area contributed by atoms with Crippen LogP contribution >= 0.6 is 11.3 Å². The zero-order valence-corrected chi connectivity index (χ0v) is 16.5. The first-order valence-corrected chi connectivity index (χ1v) is 9.84. The number of thiophene rings is 1. The Morgan fingerprint density at radius 3 is 2.83 bits per heavy atom. The van der Waals surface area contributed by atoms with Gasteiger partial charge in [-0.1, -0.05) is 12.1 Å². The van der Waals surface area contributed by atoms with E-state index in [-0.39, 0.29) is 28.8 Å². The summed E-state index contributed by atoms with van der Waals surface area (Å²) in [5.41, 5.74) is 0.873. The van der Waals surface area contributed by atoms with Gasteiger partial charge in [-0.15, -0.1) is 16.4 Å². The van der Waals surface area contributed by atoms with Crippen LogP contribution in [0.15, 0.2) is 59.1 Å². The van der Waals surface area contributed by atoms with Crippen LogP contribution in [0.3, 0.4) is 0 Å². The van der Waals surface area contributed by atoms with Gasteiger partial charge in [0.2, 0.25) is 0 Å². The van der Waals surface area contributed by atoms with E-state index in [2.05, 4.69) is 20.1 Å². The number of carbonyl (C=O) groups is 1. The van der Waals surface area contributed by atoms with Crippen LogP contribution in [0.25, 0.3) is 27.4 Å². The maximum atomic E-state index is 13.2. The number of methoxy groups -OCH3 is 1. The number of hydrogen-bond donors (Lipinski definition) is 0. The van der Waals surface area contributed by atoms with Crippen molar-refractivity contribution in [2.45, 2.75) is 6.54 Å². The molecule has 0 aliphatic rings. The van der Waals surface area contributed by atoms with Gasteiger partial charge < -0.3 is 9.30 Å². The van der Waals surface area contributed by atoms with Crippen molar-refractivity contribution in [3.63, 3.8) is 0 Å². The highest BCUT2D eigenvalue weighted by Gasteiger charge is 2.21. The molecule has 5 rings (SSSR count). The number of fused-ring (bicyclic) bond motifs is 3. The number of nitrogens with zero attached hydrogens (tertiary/aromatic N) is 6. The molecule has 0 unspecified atom stereocenters. The van der Waals surface area contributed by atoms with E-state index in [1.807, 2.05) is 23.6 Å². The molecule has 0 aliphatic carbocycles. The van der Waals surface area contributed by atoms with Crippen molar-refractivity contribution in [2.24, 2.45) is 0 Å². The largest absolute Gasteiger partial charge is 0.465 e. The van der Waals surface area contributed by atoms with E-state index in [1.165, 1.54) is 39.9 Å². The zero-order valence-electron chi connectivity index (χ0n) is 15.7. The lowest BCUT2D eigenvalue weighted by Gasteiger charge is -2.11. The highest BCUT2D eigenvalue weighted by molar-refractivity contribution is 7.13. The number of esters is 1. The predicted molar refractivity (Wildman–Crippen MR) is 111 cm³/mol. The summed E-state index contributed by atoms with van der Waals surface area (Å²) in [5.74, 6) is 0.173. The van der Waals surface area contributed by atoms with Crippen LogP contribution in [0.2, 0.25) is 0 Å². The van der Waals surface area contributed by atoms with Crippen LogP contribution < -0.4 is 5.56 Å². The molecular weight excluding hydrogens is 404 g/mol. The Balaban J connectivity index is 1.78. The van der Waals surface area contributed by atoms with Crippen LogP contribution in [-0.4, -0.2) is 42.2 Å². The van der Waals surface area contributed by atoms with Gasteiger partial charge in [0.15, 0.2) is 5.82 Å². The molecule has 0 saturated heterocycles. The summed E-state index contributed by atoms with van der Waals surface area (Å²) in [6, 6.07) is 9.22. The minimum atomic E-state index is -0.588. The van der Waals surface area contributed by atoms with Crippen LogP contribution in [0, 0.1) is 0 Å². The molecule has 0 amide bonds. The van der Waals surface area contributed by atoms with Gasteiger partial charge in [-0.25, -0.2) is 9.78 Å². The fourth-order valence-electron chi connectivity index (χ4n) is 3.23. The van der Waals surface area contributed by atoms with E-state index in [0.717, 1.165) is 4.88 Å². The Morgan fingerprint density at radius 1 is 1.20 bits per heavy atom. The minimum absolute atomic E-state index is 0.193. The summed E-state index contributed by atoms with van der Waals surface area (Å²) in [6.07, 6.45) is 4.54. The van der Waals surface area contributed by atoms with E-state index in [9.17, 15) is 9.59 Å². The fourth-order valence-corrected chi connectivity index (χ4v) is 3.89. The second-order valence-electron chi connectivity index (χ2n) is 6.43. The Hall–Kier alpha value is -3.92. The molecule has 148 valence electrons. The third kappa shape index (κ3) is 2.94. The van der Waals surface area contributed by atoms with Gasteiger partial charge in [0.05, 0.1) is 35.1 Å². The molecule has 0 bridgehead atoms. The molecule has 0 radical (unpaired) electrons. The number of hydrogen-bond acceptors (Lipinski definition) is 8. The van der Waals surface area contributed by atoms with Gasteiger partial charge >= 0.3 is 5.97 Å². The summed E-state index contributed by atoms with van der Waals surface area (Å²) < 4.78 is 7.81. The third-order valence-electron chi connectivity index (χ3n) is 4.60. The quantitative estimate of drug-likeness (QED) is 0.413. The highest BCUT2D eigenvalue weighted by Crippen LogP contribution is 2.24. The SMILES string of the molecule is COC(=O)c1cn(Cc2ccccn2)c(=O)c2cnc3nc(-c4cccs4)nn3c12. The maximum absolute atomic E-state index is 13.2. The molecule has 0 aromatic carbocycles. The molecule has 9 nitrogen and oxygen atoms in total. The van der Waals surface area contributed by atoms with Crippen molar-refractivity contribution >= 4 is 34.0 Å². The summed E-state index contributed by atoms with van der Waals surface area (Å²) in [5, 5.41) is 6.66. The second kappa shape index (κ2) is 7.16. The van der Waals surface area contributed by atoms with Crippen molar-refractivity contribution < 1.29 is 9.53 Å². The third-order valence-corrected chi connectivity index (χ3v) is 5.47. The number of aromatic nitrogens is 6. The Bertz CT molecular complexity index is 1440. The summed E-state index contributed by atoms with van der Waals surface area (Å²) in [7, 11) is 1.29. The molecular formula is C20H14N6O3S. The molecule has 5 heterocycles. The highest BCUT2D eigenvalue weighted by atomic mass is 32.1. The molecule has 5 aromatic heterocycles. The van der Waals surface area contributed by atoms with Gasteiger partial charge in [0.25, 0.3) is 11.3 Å². The average Bonchev–Trinajstić information content (AvgIpc) is 3.45. The lowest BCUT2D eigenvalue weighted by molar-refractivity contribution is 0.0601. The zero-order chi connectivity index (χ0) is 20.7. The normalized spacial score (nSPS) is 11.2. The number of ether oxygens (including phenoxy) is 1. The van der Waals surface area contributed by atoms with E-state index < -0.39 is 5.97 Å². The van der Waals surface area contributed by atoms with E-state index in [0.29, 0.717) is 17.0 Å². The number of carbonyl (C=O) groups excluding carboxylic acids is 1. The summed E-state index contributed by atoms with van der Waals surface area (Å²) >= 11 is 1.49. The monoisotopic (exact) mass is 418 g/mol. The maximum Gasteiger partial charge on any atom is 0.341 e. The molecule has 0 spiro atoms. The van der Waals surface area contributed by atoms with Gasteiger partial charge in [-0.05, 0) is 23.6 Å². The fraction of sp³-hybridized carbons (Fsp3) is 0.100. The number of rotatable bonds is 4. The molecule has 5 aromatic rings. The lowest BCUT2D eigenvalue weighted by Crippen LogP contribution is -2.24. The van der Waals surface area contributed by atoms with Crippen LogP contribution in [0.5, 0.6) is 0 Å². The van der Waals surface area contributed by atoms with Crippen LogP contribution in [0.1, 0.15) is 16.1 Å². The van der Waals surface area contributed by atoms with Gasteiger partial charge in [0.1, 0.15) is 5.56 Å². The first kappa shape index (κ1) is 18.1. The van der Waals surface area contributed by atoms with Crippen molar-refractivity contribution in [1.29, 1.82) is 0 Å².